The first-order chi connectivity index (χ1) is 8.22. The summed E-state index contributed by atoms with van der Waals surface area (Å²) in [6.45, 7) is 0. The molecule has 0 saturated carbocycles. The minimum atomic E-state index is 0.557. The van der Waals surface area contributed by atoms with Gasteiger partial charge < -0.3 is 5.32 Å². The molecule has 0 aliphatic heterocycles. The number of anilines is 1. The van der Waals surface area contributed by atoms with Crippen LogP contribution in [0, 0.1) is 5.41 Å². The van der Waals surface area contributed by atoms with E-state index >= 15 is 0 Å². The topological polar surface area (TPSA) is 35.9 Å². The lowest BCUT2D eigenvalue weighted by molar-refractivity contribution is 1.00. The van der Waals surface area contributed by atoms with E-state index in [1.165, 1.54) is 0 Å². The molecule has 3 heteroatoms. The summed E-state index contributed by atoms with van der Waals surface area (Å²) < 4.78 is 0. The molecule has 88 valence electrons. The fourth-order valence-corrected chi connectivity index (χ4v) is 2.10. The van der Waals surface area contributed by atoms with E-state index in [-0.39, 0.29) is 0 Å². The number of halogens is 1. The predicted octanol–water partition coefficient (Wildman–Crippen LogP) is 4.03. The van der Waals surface area contributed by atoms with Crippen LogP contribution in [0.5, 0.6) is 0 Å². The van der Waals surface area contributed by atoms with Crippen LogP contribution in [-0.4, -0.2) is 12.8 Å². The second kappa shape index (κ2) is 5.19. The summed E-state index contributed by atoms with van der Waals surface area (Å²) in [6, 6.07) is 5.58. The van der Waals surface area contributed by atoms with Gasteiger partial charge in [-0.25, -0.2) is 0 Å². The monoisotopic (exact) mass is 246 g/mol. The maximum absolute atomic E-state index is 8.26. The minimum Gasteiger partial charge on any atom is -0.388 e. The van der Waals surface area contributed by atoms with Gasteiger partial charge in [-0.2, -0.15) is 0 Å². The van der Waals surface area contributed by atoms with Crippen LogP contribution in [0.15, 0.2) is 42.0 Å². The molecule has 0 aromatic heterocycles. The molecule has 0 atom stereocenters. The summed E-state index contributed by atoms with van der Waals surface area (Å²) in [7, 11) is 1.86. The van der Waals surface area contributed by atoms with Crippen molar-refractivity contribution in [3.8, 4) is 0 Å². The molecule has 1 aromatic carbocycles. The van der Waals surface area contributed by atoms with Crippen LogP contribution < -0.4 is 5.32 Å². The van der Waals surface area contributed by atoms with Gasteiger partial charge in [0.05, 0.1) is 5.71 Å². The molecule has 0 spiro atoms. The summed E-state index contributed by atoms with van der Waals surface area (Å²) in [5.74, 6) is 0. The molecular weight excluding hydrogens is 232 g/mol. The van der Waals surface area contributed by atoms with E-state index in [2.05, 4.69) is 11.4 Å². The van der Waals surface area contributed by atoms with Gasteiger partial charge in [-0.1, -0.05) is 29.8 Å². The maximum atomic E-state index is 8.26. The summed E-state index contributed by atoms with van der Waals surface area (Å²) in [5, 5.41) is 12.0. The number of benzene rings is 1. The van der Waals surface area contributed by atoms with Gasteiger partial charge in [-0.3, -0.25) is 5.41 Å². The first-order valence-electron chi connectivity index (χ1n) is 5.64. The summed E-state index contributed by atoms with van der Waals surface area (Å²) in [4.78, 5) is 0. The third-order valence-corrected chi connectivity index (χ3v) is 3.09. The van der Waals surface area contributed by atoms with Crippen molar-refractivity contribution < 1.29 is 0 Å². The third-order valence-electron chi connectivity index (χ3n) is 2.86. The molecule has 2 N–H and O–H groups in total. The van der Waals surface area contributed by atoms with E-state index < -0.39 is 0 Å². The Bertz CT molecular complexity index is 501. The molecule has 0 bridgehead atoms. The second-order valence-corrected chi connectivity index (χ2v) is 4.41. The van der Waals surface area contributed by atoms with Gasteiger partial charge in [0, 0.05) is 23.3 Å². The average molecular weight is 247 g/mol. The molecule has 1 aliphatic rings. The highest BCUT2D eigenvalue weighted by atomic mass is 35.5. The molecule has 0 radical (unpaired) electrons. The fraction of sp³-hybridized carbons (Fsp3) is 0.214. The highest BCUT2D eigenvalue weighted by Crippen LogP contribution is 2.25. The summed E-state index contributed by atoms with van der Waals surface area (Å²) in [6.07, 6.45) is 8.06. The zero-order valence-electron chi connectivity index (χ0n) is 9.76. The molecule has 0 heterocycles. The number of hydrogen-bond donors (Lipinski definition) is 2. The van der Waals surface area contributed by atoms with Gasteiger partial charge in [-0.15, -0.1) is 0 Å². The smallest absolute Gasteiger partial charge is 0.0665 e. The minimum absolute atomic E-state index is 0.557. The first kappa shape index (κ1) is 11.9. The highest BCUT2D eigenvalue weighted by molar-refractivity contribution is 6.31. The zero-order valence-corrected chi connectivity index (χ0v) is 10.5. The molecule has 0 amide bonds. The van der Waals surface area contributed by atoms with Crippen LogP contribution in [-0.2, 0) is 0 Å². The Morgan fingerprint density at radius 3 is 2.88 bits per heavy atom. The predicted molar refractivity (Wildman–Crippen MR) is 74.3 cm³/mol. The Morgan fingerprint density at radius 2 is 2.24 bits per heavy atom. The van der Waals surface area contributed by atoms with Crippen molar-refractivity contribution in [3.63, 3.8) is 0 Å². The third kappa shape index (κ3) is 2.59. The van der Waals surface area contributed by atoms with E-state index in [1.54, 1.807) is 0 Å². The van der Waals surface area contributed by atoms with Gasteiger partial charge in [-0.05, 0) is 36.6 Å². The van der Waals surface area contributed by atoms with Gasteiger partial charge >= 0.3 is 0 Å². The van der Waals surface area contributed by atoms with Crippen LogP contribution in [0.3, 0.4) is 0 Å². The summed E-state index contributed by atoms with van der Waals surface area (Å²) >= 11 is 6.00. The quantitative estimate of drug-likeness (QED) is 0.777. The van der Waals surface area contributed by atoms with E-state index in [0.717, 1.165) is 29.7 Å². The van der Waals surface area contributed by atoms with Crippen molar-refractivity contribution >= 4 is 23.0 Å². The summed E-state index contributed by atoms with van der Waals surface area (Å²) in [5.41, 5.74) is 3.42. The van der Waals surface area contributed by atoms with E-state index in [9.17, 15) is 0 Å². The number of hydrogen-bond acceptors (Lipinski definition) is 2. The Morgan fingerprint density at radius 1 is 1.41 bits per heavy atom. The van der Waals surface area contributed by atoms with Crippen molar-refractivity contribution in [2.75, 3.05) is 12.4 Å². The van der Waals surface area contributed by atoms with Crippen molar-refractivity contribution in [1.29, 1.82) is 5.41 Å². The Kier molecular flexibility index (Phi) is 3.64. The van der Waals surface area contributed by atoms with E-state index in [4.69, 9.17) is 17.0 Å². The molecule has 1 aromatic rings. The Balaban J connectivity index is 2.39. The highest BCUT2D eigenvalue weighted by Gasteiger charge is 2.12. The van der Waals surface area contributed by atoms with Crippen LogP contribution in [0.25, 0.3) is 0 Å². The number of allylic oxidation sites excluding steroid dienone is 4. The van der Waals surface area contributed by atoms with Gasteiger partial charge in [0.25, 0.3) is 0 Å². The van der Waals surface area contributed by atoms with Crippen molar-refractivity contribution in [3.05, 3.63) is 52.6 Å². The zero-order chi connectivity index (χ0) is 12.3. The molecule has 2 rings (SSSR count). The largest absolute Gasteiger partial charge is 0.388 e. The van der Waals surface area contributed by atoms with Crippen molar-refractivity contribution in [2.24, 2.45) is 0 Å². The lowest BCUT2D eigenvalue weighted by Crippen LogP contribution is -2.08. The van der Waals surface area contributed by atoms with Crippen LogP contribution in [0.1, 0.15) is 18.4 Å². The normalized spacial score (nSPS) is 14.4. The van der Waals surface area contributed by atoms with Crippen molar-refractivity contribution in [2.45, 2.75) is 12.8 Å². The van der Waals surface area contributed by atoms with E-state index in [0.29, 0.717) is 10.7 Å². The lowest BCUT2D eigenvalue weighted by Gasteiger charge is -2.14. The molecule has 0 fully saturated rings. The molecule has 2 nitrogen and oxygen atoms in total. The maximum Gasteiger partial charge on any atom is 0.0665 e. The Labute approximate surface area is 107 Å². The standard InChI is InChI=1S/C14H15ClN2/c1-17-13-8-7-11(15)9-12(13)14(16)10-5-3-2-4-6-10/h2-3,5,7-9,16-17H,4,6H2,1H3. The van der Waals surface area contributed by atoms with Gasteiger partial charge in [0.1, 0.15) is 0 Å². The lowest BCUT2D eigenvalue weighted by atomic mass is 9.94. The fourth-order valence-electron chi connectivity index (χ4n) is 1.93. The Hall–Kier alpha value is -1.54. The molecule has 0 saturated heterocycles. The average Bonchev–Trinajstić information content (AvgIpc) is 2.39. The first-order valence-corrected chi connectivity index (χ1v) is 6.02. The SMILES string of the molecule is CNc1ccc(Cl)cc1C(=N)C1=CC=CCC1. The van der Waals surface area contributed by atoms with Gasteiger partial charge in [0.2, 0.25) is 0 Å². The van der Waals surface area contributed by atoms with Gasteiger partial charge in [0.15, 0.2) is 0 Å². The number of nitrogens with one attached hydrogen (secondary N) is 2. The molecular formula is C14H15ClN2. The van der Waals surface area contributed by atoms with Crippen molar-refractivity contribution in [1.82, 2.24) is 0 Å². The second-order valence-electron chi connectivity index (χ2n) is 3.97. The molecule has 1 aliphatic carbocycles. The molecule has 0 unspecified atom stereocenters. The van der Waals surface area contributed by atoms with E-state index in [1.807, 2.05) is 37.4 Å². The molecule has 17 heavy (non-hydrogen) atoms. The van der Waals surface area contributed by atoms with Crippen LogP contribution >= 0.6 is 11.6 Å². The van der Waals surface area contributed by atoms with Crippen LogP contribution in [0.2, 0.25) is 5.02 Å². The van der Waals surface area contributed by atoms with Crippen LogP contribution in [0.4, 0.5) is 5.69 Å². The number of rotatable bonds is 3.